The minimum atomic E-state index is -0.289. The number of hydrogen-bond donors (Lipinski definition) is 2. The van der Waals surface area contributed by atoms with E-state index >= 15 is 0 Å². The number of amides is 2. The van der Waals surface area contributed by atoms with E-state index < -0.39 is 0 Å². The lowest BCUT2D eigenvalue weighted by atomic mass is 10.0. The Morgan fingerprint density at radius 3 is 2.35 bits per heavy atom. The van der Waals surface area contributed by atoms with Crippen LogP contribution in [0.2, 0.25) is 0 Å². The summed E-state index contributed by atoms with van der Waals surface area (Å²) in [7, 11) is 1.59. The van der Waals surface area contributed by atoms with Crippen molar-refractivity contribution in [2.45, 2.75) is 18.9 Å². The number of nitrogens with zero attached hydrogens (tertiary/aromatic N) is 1. The molecule has 1 aliphatic rings. The van der Waals surface area contributed by atoms with Gasteiger partial charge < -0.3 is 20.1 Å². The molecule has 0 bridgehead atoms. The second-order valence-corrected chi connectivity index (χ2v) is 6.29. The monoisotopic (exact) mass is 354 g/mol. The average Bonchev–Trinajstić information content (AvgIpc) is 2.68. The van der Waals surface area contributed by atoms with Gasteiger partial charge in [0.2, 0.25) is 0 Å². The molecule has 0 spiro atoms. The number of phenols is 1. The fraction of sp³-hybridized carbons (Fsp3) is 0.300. The molecule has 6 nitrogen and oxygen atoms in total. The first-order valence-corrected chi connectivity index (χ1v) is 8.60. The van der Waals surface area contributed by atoms with Crippen LogP contribution in [0.3, 0.4) is 0 Å². The molecule has 0 aromatic heterocycles. The van der Waals surface area contributed by atoms with Gasteiger partial charge >= 0.3 is 0 Å². The zero-order valence-electron chi connectivity index (χ0n) is 14.6. The van der Waals surface area contributed by atoms with E-state index in [1.165, 1.54) is 6.07 Å². The average molecular weight is 354 g/mol. The van der Waals surface area contributed by atoms with Crippen molar-refractivity contribution in [2.24, 2.45) is 0 Å². The lowest BCUT2D eigenvalue weighted by Crippen LogP contribution is -2.46. The van der Waals surface area contributed by atoms with E-state index in [9.17, 15) is 14.7 Å². The minimum Gasteiger partial charge on any atom is -0.507 e. The third kappa shape index (κ3) is 3.96. The normalized spacial score (nSPS) is 14.7. The number of rotatable bonds is 4. The van der Waals surface area contributed by atoms with Crippen LogP contribution in [0.15, 0.2) is 48.5 Å². The predicted octanol–water partition coefficient (Wildman–Crippen LogP) is 2.44. The Morgan fingerprint density at radius 1 is 1.08 bits per heavy atom. The first-order valence-electron chi connectivity index (χ1n) is 8.60. The summed E-state index contributed by atoms with van der Waals surface area (Å²) in [4.78, 5) is 26.6. The van der Waals surface area contributed by atoms with Gasteiger partial charge in [0, 0.05) is 24.7 Å². The Labute approximate surface area is 152 Å². The Balaban J connectivity index is 1.54. The highest BCUT2D eigenvalue weighted by Crippen LogP contribution is 2.19. The van der Waals surface area contributed by atoms with Gasteiger partial charge in [-0.15, -0.1) is 0 Å². The maximum atomic E-state index is 12.6. The molecule has 0 unspecified atom stereocenters. The van der Waals surface area contributed by atoms with Crippen LogP contribution in [0, 0.1) is 0 Å². The van der Waals surface area contributed by atoms with E-state index in [1.54, 1.807) is 54.5 Å². The topological polar surface area (TPSA) is 78.9 Å². The van der Waals surface area contributed by atoms with E-state index in [-0.39, 0.29) is 29.2 Å². The highest BCUT2D eigenvalue weighted by Gasteiger charge is 2.25. The fourth-order valence-electron chi connectivity index (χ4n) is 3.07. The minimum absolute atomic E-state index is 0.0120. The lowest BCUT2D eigenvalue weighted by Gasteiger charge is -2.32. The Hall–Kier alpha value is -3.02. The van der Waals surface area contributed by atoms with Gasteiger partial charge in [-0.2, -0.15) is 0 Å². The summed E-state index contributed by atoms with van der Waals surface area (Å²) in [6, 6.07) is 13.5. The molecule has 0 atom stereocenters. The van der Waals surface area contributed by atoms with Gasteiger partial charge in [0.25, 0.3) is 11.8 Å². The van der Waals surface area contributed by atoms with Crippen LogP contribution in [-0.4, -0.2) is 48.1 Å². The largest absolute Gasteiger partial charge is 0.507 e. The molecule has 136 valence electrons. The SMILES string of the molecule is COc1ccc(C(=O)N2CCC(NC(=O)c3ccccc3O)CC2)cc1. The number of carbonyl (C=O) groups excluding carboxylic acids is 2. The van der Waals surface area contributed by atoms with Crippen molar-refractivity contribution in [3.8, 4) is 11.5 Å². The molecular formula is C20H22N2O4. The molecule has 1 saturated heterocycles. The van der Waals surface area contributed by atoms with E-state index in [1.807, 2.05) is 0 Å². The van der Waals surface area contributed by atoms with Crippen molar-refractivity contribution < 1.29 is 19.4 Å². The Bertz CT molecular complexity index is 781. The van der Waals surface area contributed by atoms with E-state index in [2.05, 4.69) is 5.32 Å². The van der Waals surface area contributed by atoms with Crippen molar-refractivity contribution in [3.05, 3.63) is 59.7 Å². The molecule has 3 rings (SSSR count). The van der Waals surface area contributed by atoms with E-state index in [4.69, 9.17) is 4.74 Å². The first kappa shape index (κ1) is 17.8. The molecule has 2 N–H and O–H groups in total. The van der Waals surface area contributed by atoms with Gasteiger partial charge in [-0.1, -0.05) is 12.1 Å². The van der Waals surface area contributed by atoms with Crippen LogP contribution >= 0.6 is 0 Å². The summed E-state index contributed by atoms with van der Waals surface area (Å²) in [6.45, 7) is 1.16. The molecule has 0 radical (unpaired) electrons. The van der Waals surface area contributed by atoms with Gasteiger partial charge in [-0.25, -0.2) is 0 Å². The predicted molar refractivity (Wildman–Crippen MR) is 97.5 cm³/mol. The summed E-state index contributed by atoms with van der Waals surface area (Å²) in [6.07, 6.45) is 1.36. The van der Waals surface area contributed by atoms with Gasteiger partial charge in [0.05, 0.1) is 12.7 Å². The highest BCUT2D eigenvalue weighted by molar-refractivity contribution is 5.97. The number of carbonyl (C=O) groups is 2. The van der Waals surface area contributed by atoms with Crippen LogP contribution in [0.4, 0.5) is 0 Å². The van der Waals surface area contributed by atoms with Crippen molar-refractivity contribution in [1.82, 2.24) is 10.2 Å². The molecule has 1 aliphatic heterocycles. The summed E-state index contributed by atoms with van der Waals surface area (Å²) in [5, 5.41) is 12.7. The van der Waals surface area contributed by atoms with Gasteiger partial charge in [0.15, 0.2) is 0 Å². The number of phenolic OH excluding ortho intramolecular Hbond substituents is 1. The Kier molecular flexibility index (Phi) is 5.41. The number of nitrogens with one attached hydrogen (secondary N) is 1. The standard InChI is InChI=1S/C20H22N2O4/c1-26-16-8-6-14(7-9-16)20(25)22-12-10-15(11-13-22)21-19(24)17-4-2-3-5-18(17)23/h2-9,15,23H,10-13H2,1H3,(H,21,24). The van der Waals surface area contributed by atoms with Crippen LogP contribution in [-0.2, 0) is 0 Å². The van der Waals surface area contributed by atoms with Crippen LogP contribution in [0.1, 0.15) is 33.6 Å². The van der Waals surface area contributed by atoms with Crippen LogP contribution < -0.4 is 10.1 Å². The maximum Gasteiger partial charge on any atom is 0.255 e. The van der Waals surface area contributed by atoms with E-state index in [0.717, 1.165) is 0 Å². The third-order valence-corrected chi connectivity index (χ3v) is 4.60. The highest BCUT2D eigenvalue weighted by atomic mass is 16.5. The van der Waals surface area contributed by atoms with Crippen LogP contribution in [0.25, 0.3) is 0 Å². The number of piperidine rings is 1. The van der Waals surface area contributed by atoms with Crippen molar-refractivity contribution in [1.29, 1.82) is 0 Å². The van der Waals surface area contributed by atoms with Gasteiger partial charge in [-0.05, 0) is 49.2 Å². The molecule has 2 aromatic carbocycles. The second-order valence-electron chi connectivity index (χ2n) is 6.29. The number of likely N-dealkylation sites (tertiary alicyclic amines) is 1. The lowest BCUT2D eigenvalue weighted by molar-refractivity contribution is 0.0698. The molecule has 1 fully saturated rings. The quantitative estimate of drug-likeness (QED) is 0.884. The third-order valence-electron chi connectivity index (χ3n) is 4.60. The molecule has 26 heavy (non-hydrogen) atoms. The van der Waals surface area contributed by atoms with Crippen molar-refractivity contribution >= 4 is 11.8 Å². The maximum absolute atomic E-state index is 12.6. The molecule has 0 saturated carbocycles. The smallest absolute Gasteiger partial charge is 0.255 e. The number of ether oxygens (including phenoxy) is 1. The molecule has 2 amide bonds. The van der Waals surface area contributed by atoms with E-state index in [0.29, 0.717) is 37.2 Å². The summed E-state index contributed by atoms with van der Waals surface area (Å²) < 4.78 is 5.11. The molecule has 6 heteroatoms. The number of hydrogen-bond acceptors (Lipinski definition) is 4. The first-order chi connectivity index (χ1) is 12.6. The van der Waals surface area contributed by atoms with Crippen molar-refractivity contribution in [3.63, 3.8) is 0 Å². The number of benzene rings is 2. The Morgan fingerprint density at radius 2 is 1.73 bits per heavy atom. The molecule has 0 aliphatic carbocycles. The molecule has 1 heterocycles. The van der Waals surface area contributed by atoms with Gasteiger partial charge in [-0.3, -0.25) is 9.59 Å². The number of aromatic hydroxyl groups is 1. The number of methoxy groups -OCH3 is 1. The number of para-hydroxylation sites is 1. The molecular weight excluding hydrogens is 332 g/mol. The zero-order chi connectivity index (χ0) is 18.5. The zero-order valence-corrected chi connectivity index (χ0v) is 14.6. The second kappa shape index (κ2) is 7.91. The van der Waals surface area contributed by atoms with Crippen molar-refractivity contribution in [2.75, 3.05) is 20.2 Å². The summed E-state index contributed by atoms with van der Waals surface area (Å²) in [5.74, 6) is 0.380. The fourth-order valence-corrected chi connectivity index (χ4v) is 3.07. The molecule has 2 aromatic rings. The summed E-state index contributed by atoms with van der Waals surface area (Å²) >= 11 is 0. The van der Waals surface area contributed by atoms with Crippen LogP contribution in [0.5, 0.6) is 11.5 Å². The summed E-state index contributed by atoms with van der Waals surface area (Å²) in [5.41, 5.74) is 0.895. The van der Waals surface area contributed by atoms with Gasteiger partial charge in [0.1, 0.15) is 11.5 Å².